The first-order chi connectivity index (χ1) is 5.66. The summed E-state index contributed by atoms with van der Waals surface area (Å²) < 4.78 is 0. The fourth-order valence-electron chi connectivity index (χ4n) is 1.89. The van der Waals surface area contributed by atoms with E-state index in [1.54, 1.807) is 0 Å². The van der Waals surface area contributed by atoms with Crippen LogP contribution in [-0.2, 0) is 0 Å². The van der Waals surface area contributed by atoms with Crippen molar-refractivity contribution in [2.75, 3.05) is 0 Å². The summed E-state index contributed by atoms with van der Waals surface area (Å²) in [5.41, 5.74) is -0.805. The molecule has 0 aromatic heterocycles. The Morgan fingerprint density at radius 3 is 2.25 bits per heavy atom. The average Bonchev–Trinajstić information content (AvgIpc) is 2.01. The number of hydrogen-bond acceptors (Lipinski definition) is 2. The van der Waals surface area contributed by atoms with Crippen LogP contribution in [0, 0.1) is 5.92 Å². The SMILES string of the molecule is C=NC1(O)CCCC(C)CCC1. The first-order valence-corrected chi connectivity index (χ1v) is 4.86. The molecule has 0 bridgehead atoms. The van der Waals surface area contributed by atoms with Crippen molar-refractivity contribution in [3.8, 4) is 0 Å². The second-order valence-corrected chi connectivity index (χ2v) is 4.03. The van der Waals surface area contributed by atoms with Gasteiger partial charge in [-0.1, -0.05) is 19.8 Å². The van der Waals surface area contributed by atoms with Crippen LogP contribution in [0.5, 0.6) is 0 Å². The van der Waals surface area contributed by atoms with Crippen LogP contribution < -0.4 is 0 Å². The lowest BCUT2D eigenvalue weighted by molar-refractivity contribution is 0.0207. The summed E-state index contributed by atoms with van der Waals surface area (Å²) in [6.07, 6.45) is 6.19. The summed E-state index contributed by atoms with van der Waals surface area (Å²) in [5, 5.41) is 9.84. The van der Waals surface area contributed by atoms with E-state index in [4.69, 9.17) is 0 Å². The van der Waals surface area contributed by atoms with Gasteiger partial charge in [0.05, 0.1) is 0 Å². The first kappa shape index (κ1) is 9.72. The van der Waals surface area contributed by atoms with Crippen LogP contribution >= 0.6 is 0 Å². The molecule has 2 nitrogen and oxygen atoms in total. The Morgan fingerprint density at radius 2 is 1.83 bits per heavy atom. The lowest BCUT2D eigenvalue weighted by Crippen LogP contribution is -2.27. The van der Waals surface area contributed by atoms with Gasteiger partial charge >= 0.3 is 0 Å². The van der Waals surface area contributed by atoms with Gasteiger partial charge in [0.15, 0.2) is 5.72 Å². The van der Waals surface area contributed by atoms with E-state index in [9.17, 15) is 5.11 Å². The van der Waals surface area contributed by atoms with Crippen LogP contribution in [0.3, 0.4) is 0 Å². The normalized spacial score (nSPS) is 38.3. The van der Waals surface area contributed by atoms with Gasteiger partial charge in [0, 0.05) is 0 Å². The molecule has 1 rings (SSSR count). The lowest BCUT2D eigenvalue weighted by atomic mass is 9.88. The maximum Gasteiger partial charge on any atom is 0.155 e. The Labute approximate surface area is 74.7 Å². The van der Waals surface area contributed by atoms with Crippen molar-refractivity contribution in [3.63, 3.8) is 0 Å². The molecule has 0 aliphatic heterocycles. The van der Waals surface area contributed by atoms with Gasteiger partial charge in [-0.2, -0.15) is 0 Å². The summed E-state index contributed by atoms with van der Waals surface area (Å²) in [6.45, 7) is 5.73. The molecule has 12 heavy (non-hydrogen) atoms. The average molecular weight is 169 g/mol. The number of rotatable bonds is 1. The Balaban J connectivity index is 2.45. The second kappa shape index (κ2) is 4.04. The van der Waals surface area contributed by atoms with Gasteiger partial charge in [-0.15, -0.1) is 0 Å². The molecule has 70 valence electrons. The van der Waals surface area contributed by atoms with Crippen molar-refractivity contribution in [1.82, 2.24) is 0 Å². The third kappa shape index (κ3) is 2.59. The van der Waals surface area contributed by atoms with Gasteiger partial charge in [-0.3, -0.25) is 4.99 Å². The predicted octanol–water partition coefficient (Wildman–Crippen LogP) is 2.37. The van der Waals surface area contributed by atoms with Gasteiger partial charge < -0.3 is 5.11 Å². The van der Waals surface area contributed by atoms with Crippen LogP contribution in [-0.4, -0.2) is 17.5 Å². The second-order valence-electron chi connectivity index (χ2n) is 4.03. The Hall–Kier alpha value is -0.370. The monoisotopic (exact) mass is 169 g/mol. The Bertz CT molecular complexity index is 146. The van der Waals surface area contributed by atoms with E-state index in [1.807, 2.05) is 0 Å². The van der Waals surface area contributed by atoms with E-state index < -0.39 is 5.72 Å². The highest BCUT2D eigenvalue weighted by Gasteiger charge is 2.25. The molecule has 0 heterocycles. The van der Waals surface area contributed by atoms with E-state index in [0.29, 0.717) is 0 Å². The van der Waals surface area contributed by atoms with Gasteiger partial charge in [-0.25, -0.2) is 0 Å². The van der Waals surface area contributed by atoms with Crippen molar-refractivity contribution in [2.45, 2.75) is 51.2 Å². The van der Waals surface area contributed by atoms with Gasteiger partial charge in [-0.05, 0) is 38.3 Å². The summed E-state index contributed by atoms with van der Waals surface area (Å²) in [6, 6.07) is 0. The van der Waals surface area contributed by atoms with Gasteiger partial charge in [0.1, 0.15) is 0 Å². The molecule has 2 heteroatoms. The van der Waals surface area contributed by atoms with Crippen LogP contribution in [0.25, 0.3) is 0 Å². The number of nitrogens with zero attached hydrogens (tertiary/aromatic N) is 1. The molecular formula is C10H19NO. The molecule has 1 fully saturated rings. The minimum atomic E-state index is -0.805. The molecule has 0 aromatic carbocycles. The fourth-order valence-corrected chi connectivity index (χ4v) is 1.89. The lowest BCUT2D eigenvalue weighted by Gasteiger charge is -2.27. The summed E-state index contributed by atoms with van der Waals surface area (Å²) in [4.78, 5) is 3.81. The molecule has 1 aliphatic carbocycles. The number of hydrogen-bond donors (Lipinski definition) is 1. The molecule has 1 N–H and O–H groups in total. The minimum absolute atomic E-state index is 0.792. The van der Waals surface area contributed by atoms with Crippen LogP contribution in [0.15, 0.2) is 4.99 Å². The van der Waals surface area contributed by atoms with E-state index >= 15 is 0 Å². The maximum absolute atomic E-state index is 9.84. The molecule has 0 saturated heterocycles. The standard InChI is InChI=1S/C10H19NO/c1-9-5-3-7-10(12,11-2)8-4-6-9/h9,12H,2-8H2,1H3. The molecule has 0 atom stereocenters. The third-order valence-electron chi connectivity index (χ3n) is 2.84. The summed E-state index contributed by atoms with van der Waals surface area (Å²) in [5.74, 6) is 0.819. The van der Waals surface area contributed by atoms with E-state index in [-0.39, 0.29) is 0 Å². The molecule has 0 unspecified atom stereocenters. The Morgan fingerprint density at radius 1 is 1.33 bits per heavy atom. The molecule has 1 aliphatic rings. The van der Waals surface area contributed by atoms with Crippen molar-refractivity contribution >= 4 is 6.72 Å². The molecule has 0 aromatic rings. The van der Waals surface area contributed by atoms with E-state index in [1.165, 1.54) is 12.8 Å². The molecule has 0 radical (unpaired) electrons. The van der Waals surface area contributed by atoms with Crippen molar-refractivity contribution in [2.24, 2.45) is 10.9 Å². The Kier molecular flexibility index (Phi) is 3.27. The zero-order valence-electron chi connectivity index (χ0n) is 7.92. The predicted molar refractivity (Wildman–Crippen MR) is 51.4 cm³/mol. The quantitative estimate of drug-likeness (QED) is 0.600. The van der Waals surface area contributed by atoms with Gasteiger partial charge in [0.25, 0.3) is 0 Å². The highest BCUT2D eigenvalue weighted by atomic mass is 16.3. The van der Waals surface area contributed by atoms with Crippen molar-refractivity contribution in [3.05, 3.63) is 0 Å². The minimum Gasteiger partial charge on any atom is -0.369 e. The molecule has 0 spiro atoms. The summed E-state index contributed by atoms with van der Waals surface area (Å²) >= 11 is 0. The number of aliphatic hydroxyl groups is 1. The topological polar surface area (TPSA) is 32.6 Å². The highest BCUT2D eigenvalue weighted by Crippen LogP contribution is 2.29. The molecule has 1 saturated carbocycles. The maximum atomic E-state index is 9.84. The highest BCUT2D eigenvalue weighted by molar-refractivity contribution is 5.25. The van der Waals surface area contributed by atoms with E-state index in [0.717, 1.165) is 31.6 Å². The molecule has 0 amide bonds. The first-order valence-electron chi connectivity index (χ1n) is 4.86. The van der Waals surface area contributed by atoms with Crippen LogP contribution in [0.2, 0.25) is 0 Å². The van der Waals surface area contributed by atoms with Crippen LogP contribution in [0.4, 0.5) is 0 Å². The van der Waals surface area contributed by atoms with Crippen LogP contribution in [0.1, 0.15) is 45.4 Å². The number of aliphatic imine (C=N–C) groups is 1. The summed E-state index contributed by atoms with van der Waals surface area (Å²) in [7, 11) is 0. The fraction of sp³-hybridized carbons (Fsp3) is 0.900. The largest absolute Gasteiger partial charge is 0.369 e. The zero-order chi connectivity index (χ0) is 9.03. The zero-order valence-corrected chi connectivity index (χ0v) is 7.92. The smallest absolute Gasteiger partial charge is 0.155 e. The van der Waals surface area contributed by atoms with Crippen molar-refractivity contribution < 1.29 is 5.11 Å². The third-order valence-corrected chi connectivity index (χ3v) is 2.84. The van der Waals surface area contributed by atoms with Gasteiger partial charge in [0.2, 0.25) is 0 Å². The molecular weight excluding hydrogens is 150 g/mol. The van der Waals surface area contributed by atoms with Crippen molar-refractivity contribution in [1.29, 1.82) is 0 Å². The van der Waals surface area contributed by atoms with E-state index in [2.05, 4.69) is 18.6 Å².